The molecular weight excluding hydrogens is 334 g/mol. The van der Waals surface area contributed by atoms with Crippen LogP contribution in [-0.2, 0) is 7.05 Å². The van der Waals surface area contributed by atoms with Crippen LogP contribution in [0.15, 0.2) is 54.7 Å². The fraction of sp³-hybridized carbons (Fsp3) is 0.105. The fourth-order valence-electron chi connectivity index (χ4n) is 2.87. The van der Waals surface area contributed by atoms with Gasteiger partial charge >= 0.3 is 0 Å². The molecule has 6 heteroatoms. The van der Waals surface area contributed by atoms with Gasteiger partial charge in [-0.05, 0) is 48.9 Å². The van der Waals surface area contributed by atoms with Gasteiger partial charge in [-0.1, -0.05) is 23.8 Å². The summed E-state index contributed by atoms with van der Waals surface area (Å²) < 4.78 is 2.11. The molecule has 0 unspecified atom stereocenters. The van der Waals surface area contributed by atoms with Gasteiger partial charge in [0.15, 0.2) is 0 Å². The first kappa shape index (κ1) is 15.6. The van der Waals surface area contributed by atoms with Crippen LogP contribution in [0.5, 0.6) is 0 Å². The van der Waals surface area contributed by atoms with Gasteiger partial charge in [-0.25, -0.2) is 15.0 Å². The van der Waals surface area contributed by atoms with Crippen LogP contribution in [0.25, 0.3) is 22.4 Å². The molecule has 0 aliphatic heterocycles. The smallest absolute Gasteiger partial charge is 0.224 e. The Bertz CT molecular complexity index is 1070. The molecule has 124 valence electrons. The molecule has 25 heavy (non-hydrogen) atoms. The van der Waals surface area contributed by atoms with Gasteiger partial charge in [0.25, 0.3) is 0 Å². The van der Waals surface area contributed by atoms with Crippen LogP contribution in [0.2, 0.25) is 5.28 Å². The highest BCUT2D eigenvalue weighted by Gasteiger charge is 2.11. The number of aromatic nitrogens is 4. The number of hydrogen-bond donors (Lipinski definition) is 1. The lowest BCUT2D eigenvalue weighted by Gasteiger charge is -2.05. The van der Waals surface area contributed by atoms with Crippen molar-refractivity contribution in [2.75, 3.05) is 5.32 Å². The van der Waals surface area contributed by atoms with Crippen LogP contribution in [-0.4, -0.2) is 19.5 Å². The molecule has 0 spiro atoms. The third-order valence-corrected chi connectivity index (χ3v) is 4.24. The quantitative estimate of drug-likeness (QED) is 0.543. The van der Waals surface area contributed by atoms with E-state index in [1.165, 1.54) is 5.56 Å². The van der Waals surface area contributed by atoms with Crippen LogP contribution < -0.4 is 5.32 Å². The Hall–Kier alpha value is -2.92. The highest BCUT2D eigenvalue weighted by atomic mass is 35.5. The number of rotatable bonds is 3. The normalized spacial score (nSPS) is 11.0. The van der Waals surface area contributed by atoms with E-state index in [1.54, 1.807) is 12.3 Å². The summed E-state index contributed by atoms with van der Waals surface area (Å²) >= 11 is 5.83. The maximum Gasteiger partial charge on any atom is 0.224 e. The lowest BCUT2D eigenvalue weighted by Crippen LogP contribution is -1.95. The number of nitrogens with zero attached hydrogens (tertiary/aromatic N) is 4. The Kier molecular flexibility index (Phi) is 3.86. The van der Waals surface area contributed by atoms with Crippen molar-refractivity contribution in [1.82, 2.24) is 19.5 Å². The molecule has 0 aliphatic rings. The Morgan fingerprint density at radius 1 is 1.04 bits per heavy atom. The summed E-state index contributed by atoms with van der Waals surface area (Å²) in [7, 11) is 2.03. The van der Waals surface area contributed by atoms with Crippen LogP contribution in [0.4, 0.5) is 11.5 Å². The zero-order valence-electron chi connectivity index (χ0n) is 13.9. The number of anilines is 2. The van der Waals surface area contributed by atoms with Crippen LogP contribution in [0, 0.1) is 6.92 Å². The van der Waals surface area contributed by atoms with Gasteiger partial charge in [0, 0.05) is 24.5 Å². The van der Waals surface area contributed by atoms with Crippen molar-refractivity contribution in [2.45, 2.75) is 6.92 Å². The SMILES string of the molecule is Cc1cccc(-c2nc3cc(Nc4ccnc(Cl)n4)ccc3n2C)c1. The molecule has 0 saturated heterocycles. The number of imidazole rings is 1. The third kappa shape index (κ3) is 3.06. The minimum Gasteiger partial charge on any atom is -0.340 e. The molecule has 4 rings (SSSR count). The van der Waals surface area contributed by atoms with Crippen LogP contribution in [0.1, 0.15) is 5.56 Å². The Balaban J connectivity index is 1.74. The van der Waals surface area contributed by atoms with E-state index >= 15 is 0 Å². The van der Waals surface area contributed by atoms with E-state index in [1.807, 2.05) is 25.2 Å². The van der Waals surface area contributed by atoms with E-state index in [2.05, 4.69) is 51.0 Å². The van der Waals surface area contributed by atoms with Crippen LogP contribution in [0.3, 0.4) is 0 Å². The number of nitrogens with one attached hydrogen (secondary N) is 1. The van der Waals surface area contributed by atoms with Crippen molar-refractivity contribution in [3.05, 3.63) is 65.6 Å². The fourth-order valence-corrected chi connectivity index (χ4v) is 3.02. The van der Waals surface area contributed by atoms with E-state index in [0.29, 0.717) is 5.82 Å². The highest BCUT2D eigenvalue weighted by molar-refractivity contribution is 6.28. The number of aryl methyl sites for hydroxylation is 2. The molecule has 0 bridgehead atoms. The Morgan fingerprint density at radius 3 is 2.72 bits per heavy atom. The van der Waals surface area contributed by atoms with E-state index in [-0.39, 0.29) is 5.28 Å². The average Bonchev–Trinajstić information content (AvgIpc) is 2.91. The number of fused-ring (bicyclic) bond motifs is 1. The summed E-state index contributed by atoms with van der Waals surface area (Å²) in [5.41, 5.74) is 5.21. The van der Waals surface area contributed by atoms with Crippen molar-refractivity contribution in [3.63, 3.8) is 0 Å². The predicted octanol–water partition coefficient (Wildman–Crippen LogP) is 4.74. The van der Waals surface area contributed by atoms with E-state index in [0.717, 1.165) is 28.1 Å². The largest absolute Gasteiger partial charge is 0.340 e. The lowest BCUT2D eigenvalue weighted by atomic mass is 10.1. The molecule has 0 saturated carbocycles. The van der Waals surface area contributed by atoms with Crippen molar-refractivity contribution >= 4 is 34.1 Å². The maximum atomic E-state index is 5.83. The summed E-state index contributed by atoms with van der Waals surface area (Å²) in [6.45, 7) is 2.08. The molecule has 0 fully saturated rings. The average molecular weight is 350 g/mol. The zero-order chi connectivity index (χ0) is 17.4. The minimum atomic E-state index is 0.214. The van der Waals surface area contributed by atoms with Gasteiger partial charge in [0.05, 0.1) is 11.0 Å². The van der Waals surface area contributed by atoms with Crippen molar-refractivity contribution < 1.29 is 0 Å². The van der Waals surface area contributed by atoms with E-state index in [9.17, 15) is 0 Å². The second-order valence-electron chi connectivity index (χ2n) is 5.90. The predicted molar refractivity (Wildman–Crippen MR) is 101 cm³/mol. The molecule has 2 heterocycles. The summed E-state index contributed by atoms with van der Waals surface area (Å²) in [6.07, 6.45) is 1.62. The van der Waals surface area contributed by atoms with Crippen LogP contribution >= 0.6 is 11.6 Å². The van der Waals surface area contributed by atoms with E-state index in [4.69, 9.17) is 16.6 Å². The highest BCUT2D eigenvalue weighted by Crippen LogP contribution is 2.27. The molecule has 5 nitrogen and oxygen atoms in total. The standard InChI is InChI=1S/C19H16ClN5/c1-12-4-3-5-13(10-12)18-23-15-11-14(6-7-16(15)25(18)2)22-17-8-9-21-19(20)24-17/h3-11H,1-2H3,(H,21,22,24). The molecular formula is C19H16ClN5. The molecule has 0 radical (unpaired) electrons. The zero-order valence-corrected chi connectivity index (χ0v) is 14.6. The number of hydrogen-bond acceptors (Lipinski definition) is 4. The minimum absolute atomic E-state index is 0.214. The number of benzene rings is 2. The molecule has 1 N–H and O–H groups in total. The Labute approximate surface area is 150 Å². The summed E-state index contributed by atoms with van der Waals surface area (Å²) in [4.78, 5) is 12.8. The van der Waals surface area contributed by atoms with Gasteiger partial charge in [-0.15, -0.1) is 0 Å². The first-order valence-electron chi connectivity index (χ1n) is 7.89. The van der Waals surface area contributed by atoms with Crippen molar-refractivity contribution in [1.29, 1.82) is 0 Å². The summed E-state index contributed by atoms with van der Waals surface area (Å²) in [6, 6.07) is 16.2. The van der Waals surface area contributed by atoms with Gasteiger partial charge in [-0.2, -0.15) is 0 Å². The number of halogens is 1. The Morgan fingerprint density at radius 2 is 1.92 bits per heavy atom. The first-order valence-corrected chi connectivity index (χ1v) is 8.27. The van der Waals surface area contributed by atoms with Gasteiger partial charge in [0.2, 0.25) is 5.28 Å². The van der Waals surface area contributed by atoms with Gasteiger partial charge < -0.3 is 9.88 Å². The monoisotopic (exact) mass is 349 g/mol. The van der Waals surface area contributed by atoms with Gasteiger partial charge in [-0.3, -0.25) is 0 Å². The second-order valence-corrected chi connectivity index (χ2v) is 6.24. The second kappa shape index (κ2) is 6.18. The first-order chi connectivity index (χ1) is 12.1. The summed E-state index contributed by atoms with van der Waals surface area (Å²) in [5.74, 6) is 1.59. The molecule has 2 aromatic heterocycles. The van der Waals surface area contributed by atoms with Crippen molar-refractivity contribution in [3.8, 4) is 11.4 Å². The molecule has 2 aromatic carbocycles. The van der Waals surface area contributed by atoms with Gasteiger partial charge in [0.1, 0.15) is 11.6 Å². The molecule has 0 atom stereocenters. The molecule has 0 amide bonds. The van der Waals surface area contributed by atoms with E-state index < -0.39 is 0 Å². The maximum absolute atomic E-state index is 5.83. The molecule has 4 aromatic rings. The molecule has 0 aliphatic carbocycles. The summed E-state index contributed by atoms with van der Waals surface area (Å²) in [5, 5.41) is 3.44. The topological polar surface area (TPSA) is 55.6 Å². The van der Waals surface area contributed by atoms with Crippen molar-refractivity contribution in [2.24, 2.45) is 7.05 Å². The third-order valence-electron chi connectivity index (χ3n) is 4.06. The lowest BCUT2D eigenvalue weighted by molar-refractivity contribution is 0.959.